The number of thioether (sulfide) groups is 1. The fourth-order valence-electron chi connectivity index (χ4n) is 5.24. The van der Waals surface area contributed by atoms with Gasteiger partial charge in [0.15, 0.2) is 5.13 Å². The first-order chi connectivity index (χ1) is 22.0. The van der Waals surface area contributed by atoms with Crippen LogP contribution >= 0.6 is 23.1 Å². The number of carbonyl (C=O) groups excluding carboxylic acids is 3. The van der Waals surface area contributed by atoms with Crippen LogP contribution in [0.1, 0.15) is 39.7 Å². The topological polar surface area (TPSA) is 114 Å². The number of amides is 3. The third kappa shape index (κ3) is 6.40. The van der Waals surface area contributed by atoms with Gasteiger partial charge in [0.1, 0.15) is 18.0 Å². The molecule has 3 amide bonds. The molecular weight excluding hydrogens is 607 g/mol. The van der Waals surface area contributed by atoms with E-state index in [0.717, 1.165) is 40.4 Å². The molecule has 1 aliphatic carbocycles. The van der Waals surface area contributed by atoms with E-state index in [4.69, 9.17) is 4.74 Å². The summed E-state index contributed by atoms with van der Waals surface area (Å²) in [7, 11) is 0. The van der Waals surface area contributed by atoms with Crippen LogP contribution in [0, 0.1) is 0 Å². The quantitative estimate of drug-likeness (QED) is 0.197. The molecule has 0 spiro atoms. The molecule has 7 rings (SSSR count). The third-order valence-corrected chi connectivity index (χ3v) is 9.82. The summed E-state index contributed by atoms with van der Waals surface area (Å²) >= 11 is 2.82. The second kappa shape index (κ2) is 12.7. The Bertz CT molecular complexity index is 1850. The first kappa shape index (κ1) is 29.0. The van der Waals surface area contributed by atoms with Crippen LogP contribution in [-0.2, 0) is 16.1 Å². The van der Waals surface area contributed by atoms with Crippen LogP contribution in [0.4, 0.5) is 9.93 Å². The van der Waals surface area contributed by atoms with Gasteiger partial charge in [0, 0.05) is 39.9 Å². The minimum Gasteiger partial charge on any atom is -0.444 e. The van der Waals surface area contributed by atoms with Gasteiger partial charge in [-0.15, -0.1) is 23.1 Å². The van der Waals surface area contributed by atoms with Crippen molar-refractivity contribution in [1.82, 2.24) is 20.2 Å². The van der Waals surface area contributed by atoms with Crippen molar-refractivity contribution < 1.29 is 19.1 Å². The number of nitrogens with one attached hydrogen (secondary N) is 2. The summed E-state index contributed by atoms with van der Waals surface area (Å²) < 4.78 is 5.76. The van der Waals surface area contributed by atoms with Crippen LogP contribution in [0.2, 0.25) is 0 Å². The Hall–Kier alpha value is -4.74. The summed E-state index contributed by atoms with van der Waals surface area (Å²) in [4.78, 5) is 50.4. The largest absolute Gasteiger partial charge is 0.444 e. The smallest absolute Gasteiger partial charge is 0.412 e. The van der Waals surface area contributed by atoms with Gasteiger partial charge in [0.05, 0.1) is 11.2 Å². The normalized spacial score (nSPS) is 17.6. The Morgan fingerprint density at radius 1 is 0.933 bits per heavy atom. The Balaban J connectivity index is 1.09. The fourth-order valence-corrected chi connectivity index (χ4v) is 7.42. The highest BCUT2D eigenvalue weighted by molar-refractivity contribution is 7.99. The number of ether oxygens (including phenoxy) is 1. The SMILES string of the molecule is O=C(NC1CC1)c1ccc(-c2csc(NC(=O)[C@@H]3CSC(c4ccnc5ccccc45)N3C(=O)OCc3ccccc3)n2)cc1. The summed E-state index contributed by atoms with van der Waals surface area (Å²) in [6.45, 7) is 0.0931. The van der Waals surface area contributed by atoms with E-state index in [9.17, 15) is 14.4 Å². The molecule has 1 saturated heterocycles. The molecule has 11 heteroatoms. The molecule has 1 saturated carbocycles. The zero-order valence-electron chi connectivity index (χ0n) is 24.1. The highest BCUT2D eigenvalue weighted by Crippen LogP contribution is 2.44. The van der Waals surface area contributed by atoms with Crippen molar-refractivity contribution in [2.75, 3.05) is 11.1 Å². The lowest BCUT2D eigenvalue weighted by Gasteiger charge is -2.28. The molecule has 3 aromatic carbocycles. The number of anilines is 1. The number of para-hydroxylation sites is 1. The molecule has 2 N–H and O–H groups in total. The number of benzene rings is 3. The minimum absolute atomic E-state index is 0.0744. The monoisotopic (exact) mass is 635 g/mol. The van der Waals surface area contributed by atoms with Gasteiger partial charge in [-0.3, -0.25) is 19.5 Å². The summed E-state index contributed by atoms with van der Waals surface area (Å²) in [5.74, 6) is -0.0291. The Morgan fingerprint density at radius 3 is 2.51 bits per heavy atom. The van der Waals surface area contributed by atoms with E-state index in [0.29, 0.717) is 28.2 Å². The first-order valence-electron chi connectivity index (χ1n) is 14.7. The summed E-state index contributed by atoms with van der Waals surface area (Å²) in [5, 5.41) is 8.67. The highest BCUT2D eigenvalue weighted by Gasteiger charge is 2.44. The fraction of sp³-hybridized carbons (Fsp3) is 0.206. The Morgan fingerprint density at radius 2 is 1.71 bits per heavy atom. The van der Waals surface area contributed by atoms with Crippen molar-refractivity contribution in [3.05, 3.63) is 113 Å². The average Bonchev–Trinajstić information content (AvgIpc) is 3.58. The molecular formula is C34H29N5O4S2. The van der Waals surface area contributed by atoms with Gasteiger partial charge in [0.2, 0.25) is 5.91 Å². The van der Waals surface area contributed by atoms with E-state index in [-0.39, 0.29) is 18.4 Å². The number of pyridine rings is 1. The van der Waals surface area contributed by atoms with Crippen molar-refractivity contribution in [1.29, 1.82) is 0 Å². The highest BCUT2D eigenvalue weighted by atomic mass is 32.2. The molecule has 0 bridgehead atoms. The summed E-state index contributed by atoms with van der Waals surface area (Å²) in [6.07, 6.45) is 3.22. The maximum absolute atomic E-state index is 13.7. The van der Waals surface area contributed by atoms with Gasteiger partial charge in [-0.2, -0.15) is 0 Å². The van der Waals surface area contributed by atoms with E-state index < -0.39 is 17.5 Å². The number of carbonyl (C=O) groups is 3. The van der Waals surface area contributed by atoms with Crippen LogP contribution in [0.15, 0.2) is 96.5 Å². The Labute approximate surface area is 268 Å². The standard InChI is InChI=1S/C34H29N5O4S2/c40-30(36-24-14-15-24)23-12-10-22(11-13-23)28-19-45-33(37-28)38-31(41)29-20-44-32(26-16-17-35-27-9-5-4-8-25(26)27)39(29)34(42)43-18-21-6-2-1-3-7-21/h1-13,16-17,19,24,29,32H,14-15,18,20H2,(H,36,40)(H,37,38,41)/t29-,32?/m0/s1. The minimum atomic E-state index is -0.785. The summed E-state index contributed by atoms with van der Waals surface area (Å²) in [5.41, 5.74) is 4.68. The molecule has 5 aromatic rings. The maximum atomic E-state index is 13.7. The number of aromatic nitrogens is 2. The zero-order chi connectivity index (χ0) is 30.8. The van der Waals surface area contributed by atoms with E-state index in [1.165, 1.54) is 28.0 Å². The lowest BCUT2D eigenvalue weighted by Crippen LogP contribution is -2.45. The maximum Gasteiger partial charge on any atom is 0.412 e. The van der Waals surface area contributed by atoms with E-state index in [1.807, 2.05) is 78.2 Å². The molecule has 3 heterocycles. The number of fused-ring (bicyclic) bond motifs is 1. The van der Waals surface area contributed by atoms with Crippen LogP contribution in [-0.4, -0.2) is 50.6 Å². The molecule has 1 unspecified atom stereocenters. The van der Waals surface area contributed by atoms with Crippen molar-refractivity contribution in [2.24, 2.45) is 0 Å². The van der Waals surface area contributed by atoms with Crippen LogP contribution < -0.4 is 10.6 Å². The molecule has 9 nitrogen and oxygen atoms in total. The lowest BCUT2D eigenvalue weighted by molar-refractivity contribution is -0.120. The van der Waals surface area contributed by atoms with E-state index in [1.54, 1.807) is 18.3 Å². The van der Waals surface area contributed by atoms with Crippen molar-refractivity contribution in [2.45, 2.75) is 36.9 Å². The second-order valence-electron chi connectivity index (χ2n) is 10.9. The molecule has 2 fully saturated rings. The molecule has 0 radical (unpaired) electrons. The van der Waals surface area contributed by atoms with Crippen LogP contribution in [0.5, 0.6) is 0 Å². The van der Waals surface area contributed by atoms with Gasteiger partial charge >= 0.3 is 6.09 Å². The molecule has 1 aliphatic heterocycles. The third-order valence-electron chi connectivity index (χ3n) is 7.76. The molecule has 2 aliphatic rings. The number of thiazole rings is 1. The van der Waals surface area contributed by atoms with Crippen LogP contribution in [0.3, 0.4) is 0 Å². The first-order valence-corrected chi connectivity index (χ1v) is 16.6. The number of nitrogens with zero attached hydrogens (tertiary/aromatic N) is 3. The molecule has 226 valence electrons. The second-order valence-corrected chi connectivity index (χ2v) is 12.9. The van der Waals surface area contributed by atoms with Gasteiger partial charge in [-0.05, 0) is 48.2 Å². The number of hydrogen-bond donors (Lipinski definition) is 2. The average molecular weight is 636 g/mol. The van der Waals surface area contributed by atoms with Gasteiger partial charge in [-0.1, -0.05) is 60.7 Å². The van der Waals surface area contributed by atoms with Crippen molar-refractivity contribution >= 4 is 57.0 Å². The van der Waals surface area contributed by atoms with Gasteiger partial charge < -0.3 is 15.4 Å². The van der Waals surface area contributed by atoms with E-state index >= 15 is 0 Å². The molecule has 2 atom stereocenters. The Kier molecular flexibility index (Phi) is 8.19. The lowest BCUT2D eigenvalue weighted by atomic mass is 10.1. The predicted octanol–water partition coefficient (Wildman–Crippen LogP) is 6.64. The molecule has 45 heavy (non-hydrogen) atoms. The van der Waals surface area contributed by atoms with E-state index in [2.05, 4.69) is 20.6 Å². The number of hydrogen-bond acceptors (Lipinski definition) is 8. The van der Waals surface area contributed by atoms with Crippen LogP contribution in [0.25, 0.3) is 22.2 Å². The zero-order valence-corrected chi connectivity index (χ0v) is 25.7. The number of rotatable bonds is 8. The van der Waals surface area contributed by atoms with Crippen molar-refractivity contribution in [3.63, 3.8) is 0 Å². The van der Waals surface area contributed by atoms with Crippen molar-refractivity contribution in [3.8, 4) is 11.3 Å². The molecule has 2 aromatic heterocycles. The summed E-state index contributed by atoms with van der Waals surface area (Å²) in [6, 6.07) is 25.9. The van der Waals surface area contributed by atoms with Gasteiger partial charge in [0.25, 0.3) is 5.91 Å². The van der Waals surface area contributed by atoms with Gasteiger partial charge in [-0.25, -0.2) is 9.78 Å². The predicted molar refractivity (Wildman–Crippen MR) is 176 cm³/mol.